The summed E-state index contributed by atoms with van der Waals surface area (Å²) >= 11 is 1.65. The number of Topliss-reactive ketones (excluding diaryl/α,β-unsaturated/α-hetero) is 1. The fourth-order valence-corrected chi connectivity index (χ4v) is 3.06. The zero-order valence-corrected chi connectivity index (χ0v) is 11.1. The number of benzene rings is 1. The van der Waals surface area contributed by atoms with E-state index in [1.807, 2.05) is 29.6 Å². The van der Waals surface area contributed by atoms with E-state index in [1.54, 1.807) is 11.3 Å². The lowest BCUT2D eigenvalue weighted by molar-refractivity contribution is 0.0994. The highest BCUT2D eigenvalue weighted by molar-refractivity contribution is 7.10. The lowest BCUT2D eigenvalue weighted by Crippen LogP contribution is -2.09. The van der Waals surface area contributed by atoms with Gasteiger partial charge in [0.1, 0.15) is 0 Å². The fraction of sp³-hybridized carbons (Fsp3) is 0.312. The molecule has 1 aromatic heterocycles. The van der Waals surface area contributed by atoms with Crippen LogP contribution in [-0.2, 0) is 6.42 Å². The first-order valence-corrected chi connectivity index (χ1v) is 7.36. The van der Waals surface area contributed by atoms with E-state index in [9.17, 15) is 4.79 Å². The first kappa shape index (κ1) is 11.7. The Kier molecular flexibility index (Phi) is 3.28. The molecule has 0 aliphatic heterocycles. The SMILES string of the molecule is O=C(Cc1cccs1)c1ccc(C2CCC2)cc1. The molecule has 1 heterocycles. The molecule has 0 N–H and O–H groups in total. The molecule has 0 saturated heterocycles. The minimum absolute atomic E-state index is 0.220. The van der Waals surface area contributed by atoms with Crippen molar-refractivity contribution >= 4 is 17.1 Å². The smallest absolute Gasteiger partial charge is 0.168 e. The Balaban J connectivity index is 1.70. The number of rotatable bonds is 4. The van der Waals surface area contributed by atoms with E-state index in [1.165, 1.54) is 24.8 Å². The molecule has 0 unspecified atom stereocenters. The standard InChI is InChI=1S/C16H16OS/c17-16(11-15-5-2-10-18-15)14-8-6-13(7-9-14)12-3-1-4-12/h2,5-10,12H,1,3-4,11H2. The molecule has 1 saturated carbocycles. The van der Waals surface area contributed by atoms with Crippen molar-refractivity contribution in [2.24, 2.45) is 0 Å². The predicted molar refractivity (Wildman–Crippen MR) is 75.4 cm³/mol. The normalized spacial score (nSPS) is 15.3. The van der Waals surface area contributed by atoms with Gasteiger partial charge in [-0.05, 0) is 35.8 Å². The molecule has 0 spiro atoms. The van der Waals surface area contributed by atoms with Crippen molar-refractivity contribution in [3.05, 3.63) is 57.8 Å². The van der Waals surface area contributed by atoms with Gasteiger partial charge < -0.3 is 0 Å². The quantitative estimate of drug-likeness (QED) is 0.739. The van der Waals surface area contributed by atoms with Crippen LogP contribution in [0.5, 0.6) is 0 Å². The number of carbonyl (C=O) groups is 1. The van der Waals surface area contributed by atoms with Crippen LogP contribution in [0.3, 0.4) is 0 Å². The van der Waals surface area contributed by atoms with Crippen molar-refractivity contribution < 1.29 is 4.79 Å². The maximum Gasteiger partial charge on any atom is 0.168 e. The summed E-state index contributed by atoms with van der Waals surface area (Å²) in [6.07, 6.45) is 4.50. The van der Waals surface area contributed by atoms with E-state index in [0.717, 1.165) is 16.4 Å². The van der Waals surface area contributed by atoms with E-state index >= 15 is 0 Å². The third kappa shape index (κ3) is 2.39. The van der Waals surface area contributed by atoms with Crippen molar-refractivity contribution in [1.29, 1.82) is 0 Å². The third-order valence-corrected chi connectivity index (χ3v) is 4.60. The summed E-state index contributed by atoms with van der Waals surface area (Å²) in [4.78, 5) is 13.2. The molecule has 3 rings (SSSR count). The van der Waals surface area contributed by atoms with Gasteiger partial charge in [0.2, 0.25) is 0 Å². The van der Waals surface area contributed by atoms with Crippen LogP contribution in [-0.4, -0.2) is 5.78 Å². The molecule has 1 fully saturated rings. The van der Waals surface area contributed by atoms with E-state index in [2.05, 4.69) is 12.1 Å². The zero-order valence-electron chi connectivity index (χ0n) is 10.3. The molecular formula is C16H16OS. The maximum absolute atomic E-state index is 12.1. The van der Waals surface area contributed by atoms with Crippen LogP contribution in [0.15, 0.2) is 41.8 Å². The number of hydrogen-bond donors (Lipinski definition) is 0. The summed E-state index contributed by atoms with van der Waals surface area (Å²) < 4.78 is 0. The highest BCUT2D eigenvalue weighted by Crippen LogP contribution is 2.36. The van der Waals surface area contributed by atoms with Gasteiger partial charge in [-0.3, -0.25) is 4.79 Å². The molecule has 1 nitrogen and oxygen atoms in total. The molecule has 1 aliphatic carbocycles. The molecule has 1 aliphatic rings. The van der Waals surface area contributed by atoms with Crippen molar-refractivity contribution in [2.75, 3.05) is 0 Å². The lowest BCUT2D eigenvalue weighted by atomic mass is 9.80. The van der Waals surface area contributed by atoms with Crippen molar-refractivity contribution in [3.8, 4) is 0 Å². The molecule has 0 atom stereocenters. The van der Waals surface area contributed by atoms with E-state index in [-0.39, 0.29) is 5.78 Å². The number of ketones is 1. The Hall–Kier alpha value is -1.41. The van der Waals surface area contributed by atoms with Gasteiger partial charge in [-0.25, -0.2) is 0 Å². The molecule has 1 aromatic carbocycles. The van der Waals surface area contributed by atoms with Gasteiger partial charge in [-0.2, -0.15) is 0 Å². The lowest BCUT2D eigenvalue weighted by Gasteiger charge is -2.25. The summed E-state index contributed by atoms with van der Waals surface area (Å²) in [5.74, 6) is 0.962. The van der Waals surface area contributed by atoms with E-state index < -0.39 is 0 Å². The first-order chi connectivity index (χ1) is 8.83. The van der Waals surface area contributed by atoms with Crippen LogP contribution in [0.2, 0.25) is 0 Å². The molecule has 18 heavy (non-hydrogen) atoms. The Labute approximate surface area is 111 Å². The molecule has 2 heteroatoms. The van der Waals surface area contributed by atoms with Crippen LogP contribution >= 0.6 is 11.3 Å². The highest BCUT2D eigenvalue weighted by Gasteiger charge is 2.19. The van der Waals surface area contributed by atoms with E-state index in [0.29, 0.717) is 6.42 Å². The molecule has 92 valence electrons. The average Bonchev–Trinajstić information content (AvgIpc) is 2.80. The van der Waals surface area contributed by atoms with Gasteiger partial charge in [0.05, 0.1) is 0 Å². The van der Waals surface area contributed by atoms with Crippen molar-refractivity contribution in [3.63, 3.8) is 0 Å². The van der Waals surface area contributed by atoms with Crippen LogP contribution < -0.4 is 0 Å². The topological polar surface area (TPSA) is 17.1 Å². The maximum atomic E-state index is 12.1. The second kappa shape index (κ2) is 5.07. The molecule has 0 radical (unpaired) electrons. The van der Waals surface area contributed by atoms with E-state index in [4.69, 9.17) is 0 Å². The third-order valence-electron chi connectivity index (χ3n) is 3.72. The van der Waals surface area contributed by atoms with Crippen molar-refractivity contribution in [2.45, 2.75) is 31.6 Å². The minimum Gasteiger partial charge on any atom is -0.294 e. The van der Waals surface area contributed by atoms with Crippen LogP contribution in [0, 0.1) is 0 Å². The minimum atomic E-state index is 0.220. The van der Waals surface area contributed by atoms with Crippen LogP contribution in [0.4, 0.5) is 0 Å². The molecule has 2 aromatic rings. The monoisotopic (exact) mass is 256 g/mol. The molecular weight excluding hydrogens is 240 g/mol. The zero-order chi connectivity index (χ0) is 12.4. The van der Waals surface area contributed by atoms with Gasteiger partial charge in [0.25, 0.3) is 0 Å². The number of thiophene rings is 1. The van der Waals surface area contributed by atoms with Gasteiger partial charge in [0, 0.05) is 16.9 Å². The second-order valence-corrected chi connectivity index (χ2v) is 5.96. The Morgan fingerprint density at radius 3 is 2.50 bits per heavy atom. The summed E-state index contributed by atoms with van der Waals surface area (Å²) in [7, 11) is 0. The van der Waals surface area contributed by atoms with Crippen LogP contribution in [0.25, 0.3) is 0 Å². The Morgan fingerprint density at radius 1 is 1.17 bits per heavy atom. The predicted octanol–water partition coefficient (Wildman–Crippen LogP) is 4.44. The first-order valence-electron chi connectivity index (χ1n) is 6.48. The van der Waals surface area contributed by atoms with Gasteiger partial charge in [-0.15, -0.1) is 11.3 Å². The Bertz CT molecular complexity index is 521. The fourth-order valence-electron chi connectivity index (χ4n) is 2.36. The largest absolute Gasteiger partial charge is 0.294 e. The second-order valence-electron chi connectivity index (χ2n) is 4.93. The number of hydrogen-bond acceptors (Lipinski definition) is 2. The summed E-state index contributed by atoms with van der Waals surface area (Å²) in [5, 5.41) is 2.02. The molecule has 0 bridgehead atoms. The Morgan fingerprint density at radius 2 is 1.94 bits per heavy atom. The van der Waals surface area contributed by atoms with Gasteiger partial charge >= 0.3 is 0 Å². The van der Waals surface area contributed by atoms with Gasteiger partial charge in [-0.1, -0.05) is 36.8 Å². The number of carbonyl (C=O) groups excluding carboxylic acids is 1. The van der Waals surface area contributed by atoms with Gasteiger partial charge in [0.15, 0.2) is 5.78 Å². The summed E-state index contributed by atoms with van der Waals surface area (Å²) in [5.41, 5.74) is 2.24. The van der Waals surface area contributed by atoms with Crippen molar-refractivity contribution in [1.82, 2.24) is 0 Å². The summed E-state index contributed by atoms with van der Waals surface area (Å²) in [6.45, 7) is 0. The highest BCUT2D eigenvalue weighted by atomic mass is 32.1. The summed E-state index contributed by atoms with van der Waals surface area (Å²) in [6, 6.07) is 12.3. The van der Waals surface area contributed by atoms with Crippen LogP contribution in [0.1, 0.15) is 46.0 Å². The average molecular weight is 256 g/mol. The molecule has 0 amide bonds.